The van der Waals surface area contributed by atoms with Crippen LogP contribution in [0.25, 0.3) is 0 Å². The molecule has 0 atom stereocenters. The Morgan fingerprint density at radius 3 is 1.73 bits per heavy atom. The first kappa shape index (κ1) is 15.9. The second kappa shape index (κ2) is 8.99. The topological polar surface area (TPSA) is 20.2 Å². The molecule has 0 spiro atoms. The van der Waals surface area contributed by atoms with Gasteiger partial charge in [-0.3, -0.25) is 0 Å². The van der Waals surface area contributed by atoms with Gasteiger partial charge >= 0.3 is 0 Å². The minimum atomic E-state index is 0. The Morgan fingerprint density at radius 1 is 1.07 bits per heavy atom. The van der Waals surface area contributed by atoms with Gasteiger partial charge in [0.25, 0.3) is 0 Å². The molecule has 0 aromatic rings. The van der Waals surface area contributed by atoms with Crippen LogP contribution in [-0.2, 0) is 17.1 Å². The van der Waals surface area contributed by atoms with Crippen molar-refractivity contribution in [3.8, 4) is 0 Å². The van der Waals surface area contributed by atoms with Gasteiger partial charge < -0.3 is 5.11 Å². The third-order valence-electron chi connectivity index (χ3n) is 2.14. The largest absolute Gasteiger partial charge is 0.395 e. The third-order valence-corrected chi connectivity index (χ3v) is 3.45. The van der Waals surface area contributed by atoms with Crippen LogP contribution < -0.4 is 0 Å². The molecule has 1 N–H and O–H groups in total. The zero-order valence-electron chi connectivity index (χ0n) is 8.92. The van der Waals surface area contributed by atoms with E-state index in [1.165, 1.54) is 20.4 Å². The first-order valence-electron chi connectivity index (χ1n) is 4.61. The second-order valence-electron chi connectivity index (χ2n) is 3.13. The van der Waals surface area contributed by atoms with Crippen molar-refractivity contribution in [3.05, 3.63) is 55.8 Å². The molecule has 0 aromatic heterocycles. The van der Waals surface area contributed by atoms with Crippen molar-refractivity contribution in [1.82, 2.24) is 0 Å². The van der Waals surface area contributed by atoms with Gasteiger partial charge in [-0.1, -0.05) is 22.4 Å². The van der Waals surface area contributed by atoms with Gasteiger partial charge in [0.15, 0.2) is 0 Å². The minimum Gasteiger partial charge on any atom is -0.395 e. The summed E-state index contributed by atoms with van der Waals surface area (Å²) < 4.78 is 0. The molecule has 10 radical (unpaired) electrons. The molecule has 2 fully saturated rings. The second-order valence-corrected chi connectivity index (χ2v) is 4.19. The zero-order valence-corrected chi connectivity index (χ0v) is 10.9. The summed E-state index contributed by atoms with van der Waals surface area (Å²) >= 11 is 0. The fourth-order valence-electron chi connectivity index (χ4n) is 1.08. The summed E-state index contributed by atoms with van der Waals surface area (Å²) in [5.74, 6) is 2.57. The van der Waals surface area contributed by atoms with E-state index in [4.69, 9.17) is 5.11 Å². The van der Waals surface area contributed by atoms with Crippen LogP contribution in [0.15, 0.2) is 0 Å². The average Bonchev–Trinajstić information content (AvgIpc) is 2.82. The van der Waals surface area contributed by atoms with E-state index in [0.29, 0.717) is 0 Å². The van der Waals surface area contributed by atoms with Crippen molar-refractivity contribution >= 4 is 8.58 Å². The molecule has 82 valence electrons. The average molecular weight is 262 g/mol. The van der Waals surface area contributed by atoms with Gasteiger partial charge in [-0.25, -0.2) is 0 Å². The Hall–Kier alpha value is 0.909. The molecule has 0 unspecified atom stereocenters. The zero-order chi connectivity index (χ0) is 10.4. The number of aliphatic hydroxyl groups excluding tert-OH is 1. The van der Waals surface area contributed by atoms with Crippen LogP contribution in [-0.4, -0.2) is 11.7 Å². The molecule has 1 nitrogen and oxygen atoms in total. The molecule has 15 heavy (non-hydrogen) atoms. The van der Waals surface area contributed by atoms with Crippen LogP contribution in [0.1, 0.15) is 13.8 Å². The van der Waals surface area contributed by atoms with Crippen molar-refractivity contribution in [1.29, 1.82) is 0 Å². The van der Waals surface area contributed by atoms with Crippen LogP contribution in [0, 0.1) is 55.8 Å². The maximum absolute atomic E-state index is 8.76. The summed E-state index contributed by atoms with van der Waals surface area (Å²) in [4.78, 5) is 0. The molecular weight excluding hydrogens is 247 g/mol. The summed E-state index contributed by atoms with van der Waals surface area (Å²) in [5, 5.41) is 8.76. The fraction of sp³-hybridized carbons (Fsp3) is 0.250. The van der Waals surface area contributed by atoms with E-state index in [-0.39, 0.29) is 23.7 Å². The molecule has 2 rings (SSSR count). The van der Waals surface area contributed by atoms with Gasteiger partial charge in [0.1, 0.15) is 0 Å². The van der Waals surface area contributed by atoms with E-state index in [1.54, 1.807) is 0 Å². The molecule has 1 saturated heterocycles. The van der Waals surface area contributed by atoms with Crippen molar-refractivity contribution in [3.63, 3.8) is 0 Å². The molecule has 0 aromatic carbocycles. The third kappa shape index (κ3) is 5.68. The van der Waals surface area contributed by atoms with Crippen molar-refractivity contribution < 1.29 is 22.2 Å². The van der Waals surface area contributed by atoms with Crippen molar-refractivity contribution in [2.24, 2.45) is 0 Å². The summed E-state index contributed by atoms with van der Waals surface area (Å²) in [6.45, 7) is 4.34. The van der Waals surface area contributed by atoms with Crippen LogP contribution in [0.3, 0.4) is 0 Å². The molecule has 1 saturated carbocycles. The quantitative estimate of drug-likeness (QED) is 0.569. The molecule has 1 heterocycles. The molecule has 1 aliphatic carbocycles. The predicted molar refractivity (Wildman–Crippen MR) is 60.9 cm³/mol. The summed E-state index contributed by atoms with van der Waals surface area (Å²) in [6, 6.07) is 0. The first-order valence-corrected chi connectivity index (χ1v) is 5.57. The first-order chi connectivity index (χ1) is 6.75. The molecule has 2 aliphatic rings. The minimum absolute atomic E-state index is 0. The van der Waals surface area contributed by atoms with Gasteiger partial charge in [-0.15, -0.1) is 0 Å². The number of hydrogen-bond acceptors (Lipinski definition) is 1. The van der Waals surface area contributed by atoms with Crippen LogP contribution in [0.5, 0.6) is 0 Å². The predicted octanol–water partition coefficient (Wildman–Crippen LogP) is 2.84. The Morgan fingerprint density at radius 2 is 1.53 bits per heavy atom. The van der Waals surface area contributed by atoms with E-state index < -0.39 is 0 Å². The van der Waals surface area contributed by atoms with Crippen LogP contribution in [0.4, 0.5) is 0 Å². The van der Waals surface area contributed by atoms with Gasteiger partial charge in [0.05, 0.1) is 6.61 Å². The Balaban J connectivity index is 0.000000280. The van der Waals surface area contributed by atoms with Gasteiger partial charge in [0, 0.05) is 22.7 Å². The van der Waals surface area contributed by atoms with Gasteiger partial charge in [0.2, 0.25) is 0 Å². The van der Waals surface area contributed by atoms with E-state index in [9.17, 15) is 0 Å². The fourth-order valence-corrected chi connectivity index (χ4v) is 2.07. The Bertz CT molecular complexity index is 143. The number of aliphatic hydroxyl groups is 1. The summed E-state index contributed by atoms with van der Waals surface area (Å²) in [6.07, 6.45) is 12.1. The van der Waals surface area contributed by atoms with E-state index in [0.717, 1.165) is 5.66 Å². The van der Waals surface area contributed by atoms with E-state index >= 15 is 0 Å². The molecule has 0 amide bonds. The number of hydrogen-bond donors (Lipinski definition) is 1. The standard InChI is InChI=1S/C7H10OP.C5H5.Fe/c1-5-4-9-7(3-8)6(5)2;1-2-4-5-3-1;/h4,8H,3H2,1-2H3;1-5H;. The molecule has 0 bridgehead atoms. The molecule has 1 aliphatic heterocycles. The van der Waals surface area contributed by atoms with Crippen LogP contribution in [0.2, 0.25) is 0 Å². The van der Waals surface area contributed by atoms with Crippen molar-refractivity contribution in [2.45, 2.75) is 13.8 Å². The SMILES string of the molecule is C[C]1[CH][P][C](CO)[C]1C.[CH]1[CH][CH][CH][CH]1.[Fe]. The monoisotopic (exact) mass is 262 g/mol. The molecular formula is C12H15FeOP. The van der Waals surface area contributed by atoms with Crippen molar-refractivity contribution in [2.75, 3.05) is 6.61 Å². The van der Waals surface area contributed by atoms with Gasteiger partial charge in [-0.2, -0.15) is 0 Å². The normalized spacial score (nSPS) is 25.0. The van der Waals surface area contributed by atoms with Gasteiger partial charge in [-0.05, 0) is 50.1 Å². The Kier molecular flexibility index (Phi) is 9.54. The van der Waals surface area contributed by atoms with E-state index in [1.807, 2.05) is 32.1 Å². The Labute approximate surface area is 107 Å². The van der Waals surface area contributed by atoms with Crippen LogP contribution >= 0.6 is 8.58 Å². The summed E-state index contributed by atoms with van der Waals surface area (Å²) in [7, 11) is 1.18. The maximum Gasteiger partial charge on any atom is 0.0545 e. The smallest absolute Gasteiger partial charge is 0.0545 e. The maximum atomic E-state index is 8.76. The summed E-state index contributed by atoms with van der Waals surface area (Å²) in [5.41, 5.74) is 1.15. The molecule has 3 heteroatoms. The number of rotatable bonds is 1. The van der Waals surface area contributed by atoms with E-state index in [2.05, 4.69) is 20.0 Å².